The van der Waals surface area contributed by atoms with E-state index in [-0.39, 0.29) is 5.91 Å². The van der Waals surface area contributed by atoms with Gasteiger partial charge >= 0.3 is 0 Å². The summed E-state index contributed by atoms with van der Waals surface area (Å²) in [5.41, 5.74) is 6.89. The van der Waals surface area contributed by atoms with Crippen molar-refractivity contribution < 1.29 is 14.3 Å². The van der Waals surface area contributed by atoms with Crippen LogP contribution in [0.4, 0.5) is 11.4 Å². The van der Waals surface area contributed by atoms with Crippen LogP contribution in [0, 0.1) is 5.92 Å². The molecule has 0 bridgehead atoms. The van der Waals surface area contributed by atoms with Gasteiger partial charge in [0.2, 0.25) is 0 Å². The topological polar surface area (TPSA) is 73.6 Å². The summed E-state index contributed by atoms with van der Waals surface area (Å²) in [6, 6.07) is 5.14. The Kier molecular flexibility index (Phi) is 5.44. The first-order valence-electron chi connectivity index (χ1n) is 7.46. The number of nitrogens with two attached hydrogens (primary N) is 1. The highest BCUT2D eigenvalue weighted by Gasteiger charge is 2.20. The molecule has 3 N–H and O–H groups in total. The third kappa shape index (κ3) is 4.36. The van der Waals surface area contributed by atoms with E-state index in [0.717, 1.165) is 0 Å². The third-order valence-electron chi connectivity index (χ3n) is 3.91. The average Bonchev–Trinajstić information content (AvgIpc) is 2.99. The predicted molar refractivity (Wildman–Crippen MR) is 83.4 cm³/mol. The fraction of sp³-hybridized carbons (Fsp3) is 0.562. The molecule has 1 fully saturated rings. The Hall–Kier alpha value is -1.75. The second-order valence-electron chi connectivity index (χ2n) is 5.58. The number of hydrogen-bond acceptors (Lipinski definition) is 4. The summed E-state index contributed by atoms with van der Waals surface area (Å²) in [6.45, 7) is 2.43. The Bertz CT molecular complexity index is 484. The molecule has 0 aliphatic heterocycles. The number of rotatable bonds is 6. The highest BCUT2D eigenvalue weighted by Crippen LogP contribution is 2.27. The molecule has 1 atom stereocenters. The van der Waals surface area contributed by atoms with Crippen molar-refractivity contribution in [3.8, 4) is 5.75 Å². The molecule has 0 spiro atoms. The van der Waals surface area contributed by atoms with E-state index in [2.05, 4.69) is 5.32 Å². The van der Waals surface area contributed by atoms with Gasteiger partial charge in [-0.2, -0.15) is 0 Å². The molecule has 1 unspecified atom stereocenters. The second-order valence-corrected chi connectivity index (χ2v) is 5.58. The Morgan fingerprint density at radius 1 is 1.43 bits per heavy atom. The van der Waals surface area contributed by atoms with Crippen molar-refractivity contribution in [3.63, 3.8) is 0 Å². The molecule has 1 aliphatic carbocycles. The zero-order valence-electron chi connectivity index (χ0n) is 12.7. The molecule has 1 amide bonds. The number of amides is 1. The minimum absolute atomic E-state index is 0.170. The number of carbonyl (C=O) groups is 1. The molecule has 0 aromatic heterocycles. The van der Waals surface area contributed by atoms with Crippen LogP contribution in [0.2, 0.25) is 0 Å². The second kappa shape index (κ2) is 7.31. The van der Waals surface area contributed by atoms with E-state index in [0.29, 0.717) is 29.6 Å². The molecule has 1 aromatic rings. The Balaban J connectivity index is 1.87. The van der Waals surface area contributed by atoms with Gasteiger partial charge in [0, 0.05) is 11.8 Å². The van der Waals surface area contributed by atoms with Crippen molar-refractivity contribution in [1.29, 1.82) is 0 Å². The van der Waals surface area contributed by atoms with E-state index in [9.17, 15) is 4.79 Å². The number of benzene rings is 1. The monoisotopic (exact) mass is 292 g/mol. The van der Waals surface area contributed by atoms with Gasteiger partial charge in [-0.05, 0) is 37.8 Å². The first-order valence-corrected chi connectivity index (χ1v) is 7.46. The fourth-order valence-corrected chi connectivity index (χ4v) is 2.58. The number of hydrogen-bond donors (Lipinski definition) is 2. The van der Waals surface area contributed by atoms with Gasteiger partial charge in [-0.15, -0.1) is 0 Å². The largest absolute Gasteiger partial charge is 0.494 e. The van der Waals surface area contributed by atoms with Gasteiger partial charge in [0.1, 0.15) is 11.9 Å². The molecule has 0 radical (unpaired) electrons. The quantitative estimate of drug-likeness (QED) is 0.791. The molecule has 5 nitrogen and oxygen atoms in total. The lowest BCUT2D eigenvalue weighted by molar-refractivity contribution is -0.127. The molecule has 1 aromatic carbocycles. The molecule has 0 heterocycles. The van der Waals surface area contributed by atoms with Crippen LogP contribution in [-0.4, -0.2) is 25.7 Å². The van der Waals surface area contributed by atoms with Crippen LogP contribution in [0.15, 0.2) is 18.2 Å². The van der Waals surface area contributed by atoms with Crippen LogP contribution in [-0.2, 0) is 9.53 Å². The van der Waals surface area contributed by atoms with Gasteiger partial charge < -0.3 is 20.5 Å². The molecular weight excluding hydrogens is 268 g/mol. The average molecular weight is 292 g/mol. The van der Waals surface area contributed by atoms with Gasteiger partial charge in [0.15, 0.2) is 0 Å². The van der Waals surface area contributed by atoms with E-state index in [4.69, 9.17) is 15.2 Å². The van der Waals surface area contributed by atoms with Crippen LogP contribution >= 0.6 is 0 Å². The van der Waals surface area contributed by atoms with Gasteiger partial charge in [-0.1, -0.05) is 12.8 Å². The molecule has 2 rings (SSSR count). The van der Waals surface area contributed by atoms with Crippen LogP contribution in [0.1, 0.15) is 32.6 Å². The summed E-state index contributed by atoms with van der Waals surface area (Å²) in [7, 11) is 1.55. The lowest BCUT2D eigenvalue weighted by atomic mass is 10.1. The first kappa shape index (κ1) is 15.6. The number of ether oxygens (including phenoxy) is 2. The smallest absolute Gasteiger partial charge is 0.253 e. The number of nitrogen functional groups attached to an aromatic ring is 1. The maximum Gasteiger partial charge on any atom is 0.253 e. The summed E-state index contributed by atoms with van der Waals surface area (Å²) in [6.07, 6.45) is 4.49. The SMILES string of the molecule is COc1cc(N)ccc1NC(=O)C(C)OCC1CCCC1. The summed E-state index contributed by atoms with van der Waals surface area (Å²) >= 11 is 0. The molecule has 116 valence electrons. The zero-order valence-corrected chi connectivity index (χ0v) is 12.7. The van der Waals surface area contributed by atoms with E-state index < -0.39 is 6.10 Å². The third-order valence-corrected chi connectivity index (χ3v) is 3.91. The lowest BCUT2D eigenvalue weighted by Gasteiger charge is -2.17. The maximum absolute atomic E-state index is 12.1. The Morgan fingerprint density at radius 3 is 2.81 bits per heavy atom. The lowest BCUT2D eigenvalue weighted by Crippen LogP contribution is -2.29. The van der Waals surface area contributed by atoms with Crippen molar-refractivity contribution in [2.45, 2.75) is 38.7 Å². The molecule has 0 saturated heterocycles. The highest BCUT2D eigenvalue weighted by atomic mass is 16.5. The van der Waals surface area contributed by atoms with Crippen molar-refractivity contribution in [2.75, 3.05) is 24.8 Å². The molecule has 5 heteroatoms. The zero-order chi connectivity index (χ0) is 15.2. The van der Waals surface area contributed by atoms with Gasteiger partial charge in [-0.25, -0.2) is 0 Å². The van der Waals surface area contributed by atoms with Crippen LogP contribution in [0.5, 0.6) is 5.75 Å². The number of methoxy groups -OCH3 is 1. The Morgan fingerprint density at radius 2 is 2.14 bits per heavy atom. The number of carbonyl (C=O) groups excluding carboxylic acids is 1. The highest BCUT2D eigenvalue weighted by molar-refractivity contribution is 5.95. The fourth-order valence-electron chi connectivity index (χ4n) is 2.58. The van der Waals surface area contributed by atoms with Crippen LogP contribution in [0.25, 0.3) is 0 Å². The van der Waals surface area contributed by atoms with Gasteiger partial charge in [0.25, 0.3) is 5.91 Å². The number of anilines is 2. The van der Waals surface area contributed by atoms with Crippen molar-refractivity contribution in [2.24, 2.45) is 5.92 Å². The summed E-state index contributed by atoms with van der Waals surface area (Å²) in [5, 5.41) is 2.82. The maximum atomic E-state index is 12.1. The Labute approximate surface area is 125 Å². The van der Waals surface area contributed by atoms with E-state index in [1.54, 1.807) is 32.2 Å². The molecule has 21 heavy (non-hydrogen) atoms. The molecule has 1 saturated carbocycles. The molecular formula is C16H24N2O3. The van der Waals surface area contributed by atoms with Gasteiger partial charge in [0.05, 0.1) is 19.4 Å². The number of nitrogens with one attached hydrogen (secondary N) is 1. The van der Waals surface area contributed by atoms with E-state index in [1.807, 2.05) is 0 Å². The summed E-state index contributed by atoms with van der Waals surface area (Å²) in [5.74, 6) is 0.980. The summed E-state index contributed by atoms with van der Waals surface area (Å²) in [4.78, 5) is 12.1. The standard InChI is InChI=1S/C16H24N2O3/c1-11(21-10-12-5-3-4-6-12)16(19)18-14-8-7-13(17)9-15(14)20-2/h7-9,11-12H,3-6,10,17H2,1-2H3,(H,18,19). The van der Waals surface area contributed by atoms with Crippen molar-refractivity contribution in [1.82, 2.24) is 0 Å². The summed E-state index contributed by atoms with van der Waals surface area (Å²) < 4.78 is 10.9. The van der Waals surface area contributed by atoms with Crippen LogP contribution in [0.3, 0.4) is 0 Å². The van der Waals surface area contributed by atoms with Crippen molar-refractivity contribution >= 4 is 17.3 Å². The minimum Gasteiger partial charge on any atom is -0.494 e. The van der Waals surface area contributed by atoms with E-state index in [1.165, 1.54) is 25.7 Å². The van der Waals surface area contributed by atoms with Gasteiger partial charge in [-0.3, -0.25) is 4.79 Å². The molecule has 1 aliphatic rings. The van der Waals surface area contributed by atoms with Crippen molar-refractivity contribution in [3.05, 3.63) is 18.2 Å². The first-order chi connectivity index (χ1) is 10.1. The predicted octanol–water partition coefficient (Wildman–Crippen LogP) is 2.81. The van der Waals surface area contributed by atoms with E-state index >= 15 is 0 Å². The minimum atomic E-state index is -0.479. The van der Waals surface area contributed by atoms with Crippen LogP contribution < -0.4 is 15.8 Å². The normalized spacial score (nSPS) is 16.7.